The third kappa shape index (κ3) is 3.42. The first-order valence-corrected chi connectivity index (χ1v) is 8.51. The van der Waals surface area contributed by atoms with Crippen LogP contribution in [-0.2, 0) is 14.8 Å². The highest BCUT2D eigenvalue weighted by atomic mass is 32.2. The van der Waals surface area contributed by atoms with E-state index in [1.165, 1.54) is 18.2 Å². The van der Waals surface area contributed by atoms with E-state index in [2.05, 4.69) is 4.40 Å². The van der Waals surface area contributed by atoms with E-state index in [1.807, 2.05) is 20.8 Å². The fraction of sp³-hybridized carbons (Fsp3) is 0.294. The maximum absolute atomic E-state index is 12.4. The highest BCUT2D eigenvalue weighted by Crippen LogP contribution is 2.21. The van der Waals surface area contributed by atoms with Crippen LogP contribution >= 0.6 is 0 Å². The van der Waals surface area contributed by atoms with Crippen LogP contribution in [0.5, 0.6) is 0 Å². The van der Waals surface area contributed by atoms with Crippen molar-refractivity contribution < 1.29 is 13.2 Å². The minimum atomic E-state index is -3.78. The first-order chi connectivity index (χ1) is 10.2. The molecule has 0 bridgehead atoms. The lowest BCUT2D eigenvalue weighted by Gasteiger charge is -2.15. The molecule has 0 saturated heterocycles. The van der Waals surface area contributed by atoms with Crippen LogP contribution in [-0.4, -0.2) is 19.9 Å². The molecule has 0 aliphatic heterocycles. The van der Waals surface area contributed by atoms with Crippen molar-refractivity contribution in [3.8, 4) is 0 Å². The summed E-state index contributed by atoms with van der Waals surface area (Å²) in [5.41, 5.74) is 2.44. The van der Waals surface area contributed by atoms with E-state index in [1.54, 1.807) is 25.1 Å². The zero-order valence-corrected chi connectivity index (χ0v) is 13.9. The lowest BCUT2D eigenvalue weighted by Crippen LogP contribution is -2.16. The number of hydrogen-bond acceptors (Lipinski definition) is 3. The van der Waals surface area contributed by atoms with Gasteiger partial charge in [0.1, 0.15) is 0 Å². The van der Waals surface area contributed by atoms with Gasteiger partial charge in [-0.15, -0.1) is 0 Å². The summed E-state index contributed by atoms with van der Waals surface area (Å²) in [6.07, 6.45) is 3.02. The fourth-order valence-corrected chi connectivity index (χ4v) is 3.17. The Morgan fingerprint density at radius 1 is 1.00 bits per heavy atom. The lowest BCUT2D eigenvalue weighted by atomic mass is 9.90. The van der Waals surface area contributed by atoms with Crippen molar-refractivity contribution >= 4 is 21.5 Å². The molecule has 0 heterocycles. The first kappa shape index (κ1) is 16.4. The average molecular weight is 317 g/mol. The zero-order chi connectivity index (χ0) is 16.5. The summed E-state index contributed by atoms with van der Waals surface area (Å²) < 4.78 is 28.7. The predicted octanol–water partition coefficient (Wildman–Crippen LogP) is 3.24. The molecule has 0 N–H and O–H groups in total. The molecule has 0 spiro atoms. The molecule has 1 aliphatic carbocycles. The molecule has 0 fully saturated rings. The van der Waals surface area contributed by atoms with Gasteiger partial charge in [0.2, 0.25) is 0 Å². The molecule has 0 unspecified atom stereocenters. The second-order valence-corrected chi connectivity index (χ2v) is 7.31. The van der Waals surface area contributed by atoms with E-state index in [4.69, 9.17) is 0 Å². The van der Waals surface area contributed by atoms with Crippen molar-refractivity contribution in [2.75, 3.05) is 0 Å². The van der Waals surface area contributed by atoms with Gasteiger partial charge in [0.15, 0.2) is 5.78 Å². The molecule has 0 aromatic heterocycles. The maximum Gasteiger partial charge on any atom is 0.282 e. The summed E-state index contributed by atoms with van der Waals surface area (Å²) in [5.74, 6) is -0.0664. The molecule has 22 heavy (non-hydrogen) atoms. The molecule has 1 aromatic carbocycles. The third-order valence-corrected chi connectivity index (χ3v) is 4.79. The van der Waals surface area contributed by atoms with Crippen LogP contribution in [0.4, 0.5) is 0 Å². The molecule has 4 nitrogen and oxygen atoms in total. The van der Waals surface area contributed by atoms with Crippen molar-refractivity contribution in [3.05, 3.63) is 53.1 Å². The van der Waals surface area contributed by atoms with E-state index in [0.717, 1.165) is 5.56 Å². The van der Waals surface area contributed by atoms with Crippen molar-refractivity contribution in [3.63, 3.8) is 0 Å². The zero-order valence-electron chi connectivity index (χ0n) is 13.1. The third-order valence-electron chi connectivity index (χ3n) is 3.49. The Bertz CT molecular complexity index is 795. The number of rotatable bonds is 3. The highest BCUT2D eigenvalue weighted by Gasteiger charge is 2.21. The van der Waals surface area contributed by atoms with E-state index in [9.17, 15) is 13.2 Å². The summed E-state index contributed by atoms with van der Waals surface area (Å²) in [5, 5.41) is 0. The van der Waals surface area contributed by atoms with Crippen LogP contribution in [0.1, 0.15) is 26.3 Å². The van der Waals surface area contributed by atoms with Crippen molar-refractivity contribution in [1.82, 2.24) is 0 Å². The number of benzene rings is 1. The number of allylic oxidation sites excluding steroid dienone is 4. The number of nitrogens with zero attached hydrogens (tertiary/aromatic N) is 1. The van der Waals surface area contributed by atoms with Gasteiger partial charge in [-0.1, -0.05) is 31.5 Å². The van der Waals surface area contributed by atoms with Crippen LogP contribution in [0.25, 0.3) is 0 Å². The van der Waals surface area contributed by atoms with Gasteiger partial charge in [0, 0.05) is 5.57 Å². The molecule has 0 atom stereocenters. The predicted molar refractivity (Wildman–Crippen MR) is 87.5 cm³/mol. The highest BCUT2D eigenvalue weighted by molar-refractivity contribution is 7.90. The maximum atomic E-state index is 12.4. The molecule has 0 radical (unpaired) electrons. The number of hydrogen-bond donors (Lipinski definition) is 0. The van der Waals surface area contributed by atoms with Crippen LogP contribution < -0.4 is 0 Å². The monoisotopic (exact) mass is 317 g/mol. The Balaban J connectivity index is 2.49. The van der Waals surface area contributed by atoms with E-state index in [-0.39, 0.29) is 16.6 Å². The molecule has 5 heteroatoms. The normalized spacial score (nSPS) is 17.7. The molecule has 2 rings (SSSR count). The van der Waals surface area contributed by atoms with Crippen molar-refractivity contribution in [2.24, 2.45) is 10.3 Å². The van der Waals surface area contributed by atoms with Gasteiger partial charge in [0.05, 0.1) is 10.6 Å². The van der Waals surface area contributed by atoms with Gasteiger partial charge in [-0.3, -0.25) is 4.79 Å². The van der Waals surface area contributed by atoms with Crippen molar-refractivity contribution in [2.45, 2.75) is 32.6 Å². The quantitative estimate of drug-likeness (QED) is 0.804. The summed E-state index contributed by atoms with van der Waals surface area (Å²) >= 11 is 0. The second kappa shape index (κ2) is 6.01. The summed E-state index contributed by atoms with van der Waals surface area (Å²) in [4.78, 5) is 12.1. The summed E-state index contributed by atoms with van der Waals surface area (Å²) in [7, 11) is -3.78. The summed E-state index contributed by atoms with van der Waals surface area (Å²) in [6.45, 7) is 7.36. The molecule has 0 saturated carbocycles. The minimum absolute atomic E-state index is 0.0177. The number of aryl methyl sites for hydroxylation is 1. The van der Waals surface area contributed by atoms with Crippen LogP contribution in [0.2, 0.25) is 0 Å². The Hall–Kier alpha value is -2.01. The fourth-order valence-electron chi connectivity index (χ4n) is 2.13. The molecule has 1 aliphatic rings. The molecule has 1 aromatic rings. The number of carbonyl (C=O) groups is 1. The molecule has 0 amide bonds. The van der Waals surface area contributed by atoms with E-state index < -0.39 is 10.0 Å². The number of sulfonamides is 1. The molecular weight excluding hydrogens is 298 g/mol. The number of carbonyl (C=O) groups excluding carboxylic acids is 1. The first-order valence-electron chi connectivity index (χ1n) is 7.07. The van der Waals surface area contributed by atoms with Crippen LogP contribution in [0, 0.1) is 12.8 Å². The Kier molecular flexibility index (Phi) is 4.47. The van der Waals surface area contributed by atoms with Gasteiger partial charge >= 0.3 is 0 Å². The Morgan fingerprint density at radius 3 is 2.14 bits per heavy atom. The van der Waals surface area contributed by atoms with Gasteiger partial charge in [-0.25, -0.2) is 0 Å². The van der Waals surface area contributed by atoms with Crippen LogP contribution in [0.3, 0.4) is 0 Å². The van der Waals surface area contributed by atoms with Crippen LogP contribution in [0.15, 0.2) is 56.9 Å². The standard InChI is InChI=1S/C17H19NO3S/c1-11(2)15-10-16(13(4)9-17(15)19)18-22(20,21)14-7-5-12(3)6-8-14/h5-11H,1-4H3/b18-16+. The van der Waals surface area contributed by atoms with Gasteiger partial charge in [-0.05, 0) is 49.6 Å². The number of ketones is 1. The molecular formula is C17H19NO3S. The van der Waals surface area contributed by atoms with E-state index >= 15 is 0 Å². The molecule has 116 valence electrons. The van der Waals surface area contributed by atoms with E-state index in [0.29, 0.717) is 16.9 Å². The Labute approximate surface area is 131 Å². The second-order valence-electron chi connectivity index (χ2n) is 5.71. The SMILES string of the molecule is CC1=CC(=O)C(C(C)C)=C/C1=N\S(=O)(=O)c1ccc(C)cc1. The average Bonchev–Trinajstić information content (AvgIpc) is 2.41. The Morgan fingerprint density at radius 2 is 1.59 bits per heavy atom. The van der Waals surface area contributed by atoms with Crippen molar-refractivity contribution in [1.29, 1.82) is 0 Å². The van der Waals surface area contributed by atoms with Gasteiger partial charge in [0.25, 0.3) is 10.0 Å². The smallest absolute Gasteiger partial charge is 0.282 e. The minimum Gasteiger partial charge on any atom is -0.290 e. The van der Waals surface area contributed by atoms with Gasteiger partial charge in [-0.2, -0.15) is 12.8 Å². The largest absolute Gasteiger partial charge is 0.290 e. The topological polar surface area (TPSA) is 63.6 Å². The lowest BCUT2D eigenvalue weighted by molar-refractivity contribution is -0.111. The van der Waals surface area contributed by atoms with Gasteiger partial charge < -0.3 is 0 Å². The summed E-state index contributed by atoms with van der Waals surface area (Å²) in [6, 6.07) is 6.54.